The number of rotatable bonds is 7. The summed E-state index contributed by atoms with van der Waals surface area (Å²) in [6, 6.07) is 14.4. The molecule has 2 aromatic rings. The van der Waals surface area contributed by atoms with E-state index in [-0.39, 0.29) is 6.61 Å². The first kappa shape index (κ1) is 18.5. The molecule has 0 bridgehead atoms. The van der Waals surface area contributed by atoms with Crippen LogP contribution in [0.5, 0.6) is 5.75 Å². The molecule has 2 rings (SSSR count). The molecule has 2 atom stereocenters. The molecule has 0 aliphatic rings. The van der Waals surface area contributed by atoms with Gasteiger partial charge in [-0.05, 0) is 36.8 Å². The van der Waals surface area contributed by atoms with Crippen molar-refractivity contribution in [3.63, 3.8) is 0 Å². The van der Waals surface area contributed by atoms with E-state index in [1.165, 1.54) is 7.11 Å². The summed E-state index contributed by atoms with van der Waals surface area (Å²) in [5.41, 5.74) is 0.989. The normalized spacial score (nSPS) is 12.8. The largest absolute Gasteiger partial charge is 0.497 e. The summed E-state index contributed by atoms with van der Waals surface area (Å²) in [4.78, 5) is 24.4. The number of amides is 1. The molecule has 0 saturated heterocycles. The molecule has 1 amide bonds. The predicted octanol–water partition coefficient (Wildman–Crippen LogP) is 2.09. The lowest BCUT2D eigenvalue weighted by Crippen LogP contribution is -2.41. The number of aliphatic hydroxyl groups is 1. The second-order valence-electron chi connectivity index (χ2n) is 5.29. The van der Waals surface area contributed by atoms with E-state index < -0.39 is 24.0 Å². The van der Waals surface area contributed by atoms with Crippen LogP contribution in [0.3, 0.4) is 0 Å². The fourth-order valence-electron chi connectivity index (χ4n) is 2.34. The van der Waals surface area contributed by atoms with Gasteiger partial charge in [0.25, 0.3) is 5.91 Å². The minimum absolute atomic E-state index is 0.143. The van der Waals surface area contributed by atoms with Crippen LogP contribution < -0.4 is 10.1 Å². The van der Waals surface area contributed by atoms with E-state index in [9.17, 15) is 14.7 Å². The van der Waals surface area contributed by atoms with Crippen molar-refractivity contribution in [2.45, 2.75) is 19.1 Å². The molecule has 0 aliphatic carbocycles. The highest BCUT2D eigenvalue weighted by Gasteiger charge is 2.30. The number of nitrogens with one attached hydrogen (secondary N) is 1. The summed E-state index contributed by atoms with van der Waals surface area (Å²) in [5.74, 6) is -0.575. The third kappa shape index (κ3) is 4.81. The maximum atomic E-state index is 12.5. The van der Waals surface area contributed by atoms with Crippen LogP contribution >= 0.6 is 0 Å². The quantitative estimate of drug-likeness (QED) is 0.752. The molecule has 0 aliphatic heterocycles. The Morgan fingerprint density at radius 3 is 2.28 bits per heavy atom. The monoisotopic (exact) mass is 343 g/mol. The van der Waals surface area contributed by atoms with Crippen LogP contribution in [0.15, 0.2) is 54.6 Å². The van der Waals surface area contributed by atoms with Crippen molar-refractivity contribution in [3.05, 3.63) is 65.7 Å². The van der Waals surface area contributed by atoms with Gasteiger partial charge in [-0.3, -0.25) is 4.79 Å². The molecular formula is C19H21NO5. The molecule has 0 saturated carbocycles. The summed E-state index contributed by atoms with van der Waals surface area (Å²) in [6.07, 6.45) is -1.51. The highest BCUT2D eigenvalue weighted by atomic mass is 16.5. The van der Waals surface area contributed by atoms with Crippen molar-refractivity contribution in [1.82, 2.24) is 5.32 Å². The van der Waals surface area contributed by atoms with Gasteiger partial charge in [0.1, 0.15) is 5.75 Å². The number of carbonyl (C=O) groups excluding carboxylic acids is 2. The van der Waals surface area contributed by atoms with Crippen LogP contribution in [-0.2, 0) is 9.53 Å². The maximum absolute atomic E-state index is 12.5. The van der Waals surface area contributed by atoms with Crippen LogP contribution in [-0.4, -0.2) is 36.8 Å². The molecule has 132 valence electrons. The lowest BCUT2D eigenvalue weighted by molar-refractivity contribution is -0.154. The molecular weight excluding hydrogens is 322 g/mol. The van der Waals surface area contributed by atoms with Gasteiger partial charge in [-0.1, -0.05) is 30.3 Å². The molecule has 0 heterocycles. The van der Waals surface area contributed by atoms with E-state index in [0.29, 0.717) is 16.9 Å². The Kier molecular flexibility index (Phi) is 6.54. The SMILES string of the molecule is CCOC(=O)C(O)C(NC(=O)c1ccc(OC)cc1)c1ccccc1. The van der Waals surface area contributed by atoms with E-state index in [2.05, 4.69) is 5.32 Å². The van der Waals surface area contributed by atoms with Gasteiger partial charge in [0, 0.05) is 5.56 Å². The number of esters is 1. The minimum atomic E-state index is -1.51. The number of methoxy groups -OCH3 is 1. The lowest BCUT2D eigenvalue weighted by atomic mass is 10.0. The fourth-order valence-corrected chi connectivity index (χ4v) is 2.34. The molecule has 25 heavy (non-hydrogen) atoms. The smallest absolute Gasteiger partial charge is 0.337 e. The minimum Gasteiger partial charge on any atom is -0.497 e. The average Bonchev–Trinajstić information content (AvgIpc) is 2.66. The van der Waals surface area contributed by atoms with Crippen molar-refractivity contribution in [3.8, 4) is 5.75 Å². The maximum Gasteiger partial charge on any atom is 0.337 e. The molecule has 2 aromatic carbocycles. The Morgan fingerprint density at radius 2 is 1.72 bits per heavy atom. The van der Waals surface area contributed by atoms with Gasteiger partial charge in [0.15, 0.2) is 6.10 Å². The van der Waals surface area contributed by atoms with E-state index in [4.69, 9.17) is 9.47 Å². The second-order valence-corrected chi connectivity index (χ2v) is 5.29. The summed E-state index contributed by atoms with van der Waals surface area (Å²) in [6.45, 7) is 1.79. The van der Waals surface area contributed by atoms with Gasteiger partial charge < -0.3 is 19.9 Å². The zero-order valence-corrected chi connectivity index (χ0v) is 14.1. The Morgan fingerprint density at radius 1 is 1.08 bits per heavy atom. The highest BCUT2D eigenvalue weighted by Crippen LogP contribution is 2.19. The van der Waals surface area contributed by atoms with E-state index in [0.717, 1.165) is 0 Å². The standard InChI is InChI=1S/C19H21NO5/c1-3-25-19(23)17(21)16(13-7-5-4-6-8-13)20-18(22)14-9-11-15(24-2)12-10-14/h4-12,16-17,21H,3H2,1-2H3,(H,20,22). The molecule has 0 spiro atoms. The highest BCUT2D eigenvalue weighted by molar-refractivity contribution is 5.95. The zero-order valence-electron chi connectivity index (χ0n) is 14.1. The third-order valence-electron chi connectivity index (χ3n) is 3.64. The van der Waals surface area contributed by atoms with Gasteiger partial charge in [-0.2, -0.15) is 0 Å². The summed E-state index contributed by atoms with van der Waals surface area (Å²) >= 11 is 0. The fraction of sp³-hybridized carbons (Fsp3) is 0.263. The number of benzene rings is 2. The van der Waals surface area contributed by atoms with E-state index >= 15 is 0 Å². The summed E-state index contributed by atoms with van der Waals surface area (Å²) in [5, 5.41) is 13.0. The topological polar surface area (TPSA) is 84.9 Å². The van der Waals surface area contributed by atoms with E-state index in [1.54, 1.807) is 55.5 Å². The number of hydrogen-bond acceptors (Lipinski definition) is 5. The van der Waals surface area contributed by atoms with Crippen molar-refractivity contribution in [1.29, 1.82) is 0 Å². The van der Waals surface area contributed by atoms with Crippen molar-refractivity contribution in [2.24, 2.45) is 0 Å². The van der Waals surface area contributed by atoms with Crippen LogP contribution in [0.2, 0.25) is 0 Å². The van der Waals surface area contributed by atoms with Crippen LogP contribution in [0.4, 0.5) is 0 Å². The summed E-state index contributed by atoms with van der Waals surface area (Å²) in [7, 11) is 1.54. The van der Waals surface area contributed by atoms with Crippen molar-refractivity contribution in [2.75, 3.05) is 13.7 Å². The molecule has 0 radical (unpaired) electrons. The van der Waals surface area contributed by atoms with Gasteiger partial charge in [-0.15, -0.1) is 0 Å². The van der Waals surface area contributed by atoms with Crippen molar-refractivity contribution < 1.29 is 24.2 Å². The van der Waals surface area contributed by atoms with Crippen molar-refractivity contribution >= 4 is 11.9 Å². The molecule has 2 unspecified atom stereocenters. The zero-order chi connectivity index (χ0) is 18.2. The molecule has 6 nitrogen and oxygen atoms in total. The summed E-state index contributed by atoms with van der Waals surface area (Å²) < 4.78 is 9.93. The first-order chi connectivity index (χ1) is 12.1. The first-order valence-corrected chi connectivity index (χ1v) is 7.91. The van der Waals surface area contributed by atoms with Crippen LogP contribution in [0.25, 0.3) is 0 Å². The molecule has 2 N–H and O–H groups in total. The third-order valence-corrected chi connectivity index (χ3v) is 3.64. The van der Waals surface area contributed by atoms with Crippen LogP contribution in [0.1, 0.15) is 28.9 Å². The first-order valence-electron chi connectivity index (χ1n) is 7.91. The molecule has 6 heteroatoms. The number of aliphatic hydroxyl groups excluding tert-OH is 1. The molecule has 0 aromatic heterocycles. The average molecular weight is 343 g/mol. The predicted molar refractivity (Wildman–Crippen MR) is 92.3 cm³/mol. The number of hydrogen-bond donors (Lipinski definition) is 2. The molecule has 0 fully saturated rings. The Hall–Kier alpha value is -2.86. The van der Waals surface area contributed by atoms with Gasteiger partial charge in [0.2, 0.25) is 0 Å². The Labute approximate surface area is 146 Å². The van der Waals surface area contributed by atoms with E-state index in [1.807, 2.05) is 6.07 Å². The Balaban J connectivity index is 2.22. The van der Waals surface area contributed by atoms with Gasteiger partial charge in [0.05, 0.1) is 19.8 Å². The Bertz CT molecular complexity index is 700. The van der Waals surface area contributed by atoms with Gasteiger partial charge >= 0.3 is 5.97 Å². The lowest BCUT2D eigenvalue weighted by Gasteiger charge is -2.23. The number of carbonyl (C=O) groups is 2. The second kappa shape index (κ2) is 8.84. The number of ether oxygens (including phenoxy) is 2. The van der Waals surface area contributed by atoms with Gasteiger partial charge in [-0.25, -0.2) is 4.79 Å². The van der Waals surface area contributed by atoms with Crippen LogP contribution in [0, 0.1) is 0 Å².